The molecule has 1 aliphatic rings. The molecule has 0 saturated heterocycles. The van der Waals surface area contributed by atoms with Gasteiger partial charge in [0.15, 0.2) is 0 Å². The van der Waals surface area contributed by atoms with E-state index in [1.165, 1.54) is 0 Å². The molecule has 3 N–H and O–H groups in total. The molecular weight excluding hydrogens is 157 g/mol. The van der Waals surface area contributed by atoms with Crippen LogP contribution in [0.15, 0.2) is 12.1 Å². The lowest BCUT2D eigenvalue weighted by Crippen LogP contribution is -2.07. The second-order valence-corrected chi connectivity index (χ2v) is 3.15. The monoisotopic (exact) mass is 167 g/mol. The van der Waals surface area contributed by atoms with E-state index < -0.39 is 0 Å². The van der Waals surface area contributed by atoms with Gasteiger partial charge in [-0.1, -0.05) is 0 Å². The summed E-state index contributed by atoms with van der Waals surface area (Å²) in [6, 6.07) is 2.51. The van der Waals surface area contributed by atoms with Crippen molar-refractivity contribution in [1.29, 1.82) is 0 Å². The summed E-state index contributed by atoms with van der Waals surface area (Å²) in [4.78, 5) is 0. The number of aromatic hydroxyl groups is 1. The molecule has 1 unspecified atom stereocenters. The van der Waals surface area contributed by atoms with Gasteiger partial charge in [-0.15, -0.1) is 0 Å². The van der Waals surface area contributed by atoms with Gasteiger partial charge in [0.05, 0.1) is 0 Å². The average molecular weight is 167 g/mol. The Morgan fingerprint density at radius 3 is 3.00 bits per heavy atom. The van der Waals surface area contributed by atoms with Gasteiger partial charge in [-0.2, -0.15) is 0 Å². The molecule has 64 valence electrons. The van der Waals surface area contributed by atoms with Gasteiger partial charge in [0.2, 0.25) is 0 Å². The van der Waals surface area contributed by atoms with Crippen molar-refractivity contribution >= 4 is 0 Å². The summed E-state index contributed by atoms with van der Waals surface area (Å²) in [5, 5.41) is 9.08. The van der Waals surface area contributed by atoms with Crippen molar-refractivity contribution < 1.29 is 9.50 Å². The molecule has 0 fully saturated rings. The number of phenolic OH excluding ortho intramolecular Hbond substituents is 1. The summed E-state index contributed by atoms with van der Waals surface area (Å²) in [6.45, 7) is 0. The maximum atomic E-state index is 13.2. The van der Waals surface area contributed by atoms with Crippen LogP contribution >= 0.6 is 0 Å². The summed E-state index contributed by atoms with van der Waals surface area (Å²) in [5.74, 6) is -0.393. The summed E-state index contributed by atoms with van der Waals surface area (Å²) in [7, 11) is 0. The molecule has 2 nitrogen and oxygen atoms in total. The Hall–Kier alpha value is -1.09. The number of hydrogen-bond donors (Lipinski definition) is 2. The second kappa shape index (κ2) is 2.45. The van der Waals surface area contributed by atoms with E-state index in [1.807, 2.05) is 0 Å². The van der Waals surface area contributed by atoms with E-state index >= 15 is 0 Å². The van der Waals surface area contributed by atoms with E-state index in [-0.39, 0.29) is 17.6 Å². The molecule has 1 aliphatic carbocycles. The number of rotatable bonds is 0. The highest BCUT2D eigenvalue weighted by Gasteiger charge is 2.23. The average Bonchev–Trinajstić information content (AvgIpc) is 2.31. The first-order valence-corrected chi connectivity index (χ1v) is 3.95. The number of halogens is 1. The molecule has 12 heavy (non-hydrogen) atoms. The van der Waals surface area contributed by atoms with Crippen molar-refractivity contribution in [1.82, 2.24) is 0 Å². The Balaban J connectivity index is 2.60. The van der Waals surface area contributed by atoms with Gasteiger partial charge >= 0.3 is 0 Å². The zero-order valence-corrected chi connectivity index (χ0v) is 6.55. The zero-order valence-electron chi connectivity index (χ0n) is 6.55. The molecule has 1 atom stereocenters. The minimum atomic E-state index is -0.380. The predicted molar refractivity (Wildman–Crippen MR) is 43.3 cm³/mol. The van der Waals surface area contributed by atoms with Crippen LogP contribution in [-0.4, -0.2) is 5.11 Å². The molecular formula is C9H10FNO. The summed E-state index contributed by atoms with van der Waals surface area (Å²) in [5.41, 5.74) is 7.10. The summed E-state index contributed by atoms with van der Waals surface area (Å²) >= 11 is 0. The summed E-state index contributed by atoms with van der Waals surface area (Å²) in [6.07, 6.45) is 1.54. The van der Waals surface area contributed by atoms with Crippen LogP contribution in [0.25, 0.3) is 0 Å². The topological polar surface area (TPSA) is 46.2 Å². The summed E-state index contributed by atoms with van der Waals surface area (Å²) < 4.78 is 13.2. The second-order valence-electron chi connectivity index (χ2n) is 3.15. The lowest BCUT2D eigenvalue weighted by atomic mass is 10.1. The maximum absolute atomic E-state index is 13.2. The van der Waals surface area contributed by atoms with Crippen LogP contribution in [0.5, 0.6) is 5.75 Å². The van der Waals surface area contributed by atoms with Crippen molar-refractivity contribution in [2.24, 2.45) is 5.73 Å². The maximum Gasteiger partial charge on any atom is 0.131 e. The van der Waals surface area contributed by atoms with Crippen LogP contribution in [0, 0.1) is 5.82 Å². The molecule has 0 heterocycles. The minimum absolute atomic E-state index is 0.0136. The molecule has 0 amide bonds. The molecule has 1 aromatic carbocycles. The fourth-order valence-electron chi connectivity index (χ4n) is 1.74. The fourth-order valence-corrected chi connectivity index (χ4v) is 1.74. The molecule has 0 bridgehead atoms. The first kappa shape index (κ1) is 7.55. The van der Waals surface area contributed by atoms with Crippen molar-refractivity contribution in [3.8, 4) is 5.75 Å². The van der Waals surface area contributed by atoms with Crippen LogP contribution in [0.1, 0.15) is 23.6 Å². The normalized spacial score (nSPS) is 21.0. The van der Waals surface area contributed by atoms with Crippen LogP contribution < -0.4 is 5.73 Å². The van der Waals surface area contributed by atoms with Crippen LogP contribution in [0.4, 0.5) is 4.39 Å². The smallest absolute Gasteiger partial charge is 0.131 e. The molecule has 3 heteroatoms. The van der Waals surface area contributed by atoms with E-state index in [0.29, 0.717) is 5.56 Å². The standard InChI is InChI=1S/C9H10FNO/c10-7-4-6(12)3-5-1-2-8(11)9(5)7/h3-4,8,12H,1-2,11H2. The van der Waals surface area contributed by atoms with Gasteiger partial charge in [0, 0.05) is 17.7 Å². The van der Waals surface area contributed by atoms with Gasteiger partial charge in [0.25, 0.3) is 0 Å². The lowest BCUT2D eigenvalue weighted by molar-refractivity contribution is 0.467. The third-order valence-electron chi connectivity index (χ3n) is 2.30. The molecule has 0 radical (unpaired) electrons. The number of aryl methyl sites for hydroxylation is 1. The Morgan fingerprint density at radius 1 is 1.50 bits per heavy atom. The van der Waals surface area contributed by atoms with E-state index in [1.54, 1.807) is 6.07 Å². The molecule has 0 spiro atoms. The molecule has 0 aromatic heterocycles. The highest BCUT2D eigenvalue weighted by molar-refractivity contribution is 5.40. The highest BCUT2D eigenvalue weighted by atomic mass is 19.1. The zero-order chi connectivity index (χ0) is 8.72. The Morgan fingerprint density at radius 2 is 2.25 bits per heavy atom. The van der Waals surface area contributed by atoms with E-state index in [0.717, 1.165) is 24.5 Å². The van der Waals surface area contributed by atoms with Gasteiger partial charge in [-0.05, 0) is 24.5 Å². The number of fused-ring (bicyclic) bond motifs is 1. The van der Waals surface area contributed by atoms with Gasteiger partial charge < -0.3 is 10.8 Å². The lowest BCUT2D eigenvalue weighted by Gasteiger charge is -2.05. The van der Waals surface area contributed by atoms with Crippen LogP contribution in [0.2, 0.25) is 0 Å². The van der Waals surface area contributed by atoms with Crippen LogP contribution in [0.3, 0.4) is 0 Å². The predicted octanol–water partition coefficient (Wildman–Crippen LogP) is 1.48. The third kappa shape index (κ3) is 0.975. The fraction of sp³-hybridized carbons (Fsp3) is 0.333. The molecule has 0 saturated carbocycles. The first-order chi connectivity index (χ1) is 5.68. The van der Waals surface area contributed by atoms with Crippen molar-refractivity contribution in [3.05, 3.63) is 29.1 Å². The Kier molecular flexibility index (Phi) is 1.54. The largest absolute Gasteiger partial charge is 0.508 e. The minimum Gasteiger partial charge on any atom is -0.508 e. The quantitative estimate of drug-likeness (QED) is 0.614. The number of hydrogen-bond acceptors (Lipinski definition) is 2. The van der Waals surface area contributed by atoms with E-state index in [2.05, 4.69) is 0 Å². The van der Waals surface area contributed by atoms with Crippen molar-refractivity contribution in [2.75, 3.05) is 0 Å². The molecule has 0 aliphatic heterocycles. The first-order valence-electron chi connectivity index (χ1n) is 3.95. The van der Waals surface area contributed by atoms with E-state index in [9.17, 15) is 4.39 Å². The Bertz CT molecular complexity index is 325. The molecule has 2 rings (SSSR count). The number of nitrogens with two attached hydrogens (primary N) is 1. The third-order valence-corrected chi connectivity index (χ3v) is 2.30. The highest BCUT2D eigenvalue weighted by Crippen LogP contribution is 2.33. The van der Waals surface area contributed by atoms with Gasteiger partial charge in [-0.3, -0.25) is 0 Å². The Labute approximate surface area is 69.8 Å². The van der Waals surface area contributed by atoms with Crippen LogP contribution in [-0.2, 0) is 6.42 Å². The molecule has 1 aromatic rings. The van der Waals surface area contributed by atoms with Gasteiger partial charge in [-0.25, -0.2) is 4.39 Å². The van der Waals surface area contributed by atoms with Crippen molar-refractivity contribution in [2.45, 2.75) is 18.9 Å². The van der Waals surface area contributed by atoms with Crippen molar-refractivity contribution in [3.63, 3.8) is 0 Å². The number of phenols is 1. The number of benzene rings is 1. The van der Waals surface area contributed by atoms with Gasteiger partial charge in [0.1, 0.15) is 11.6 Å². The van der Waals surface area contributed by atoms with E-state index in [4.69, 9.17) is 10.8 Å². The SMILES string of the molecule is NC1CCc2cc(O)cc(F)c21.